The number of carbonyl (C=O) groups excluding carboxylic acids is 3. The number of nitrogens with zero attached hydrogens (tertiary/aromatic N) is 1. The predicted octanol–water partition coefficient (Wildman–Crippen LogP) is 3.08. The van der Waals surface area contributed by atoms with E-state index in [4.69, 9.17) is 0 Å². The molecule has 0 bridgehead atoms. The van der Waals surface area contributed by atoms with Crippen molar-refractivity contribution in [2.45, 2.75) is 62.6 Å². The largest absolute Gasteiger partial charge is 0.508 e. The van der Waals surface area contributed by atoms with E-state index < -0.39 is 17.4 Å². The first-order valence-electron chi connectivity index (χ1n) is 12.3. The van der Waals surface area contributed by atoms with Crippen LogP contribution in [0.2, 0.25) is 0 Å². The number of aromatic hydroxyl groups is 1. The average Bonchev–Trinajstić information content (AvgIpc) is 3.29. The van der Waals surface area contributed by atoms with Crippen LogP contribution in [0, 0.1) is 11.8 Å². The highest BCUT2D eigenvalue weighted by molar-refractivity contribution is 6.15. The van der Waals surface area contributed by atoms with E-state index in [1.165, 1.54) is 4.90 Å². The molecule has 7 heteroatoms. The lowest BCUT2D eigenvalue weighted by Gasteiger charge is -2.32. The Morgan fingerprint density at radius 1 is 0.912 bits per heavy atom. The molecular weight excluding hydrogens is 430 g/mol. The summed E-state index contributed by atoms with van der Waals surface area (Å²) in [6.45, 7) is 0. The summed E-state index contributed by atoms with van der Waals surface area (Å²) in [5.74, 6) is -1.83. The van der Waals surface area contributed by atoms with Gasteiger partial charge in [-0.15, -0.1) is 0 Å². The molecule has 6 rings (SSSR count). The summed E-state index contributed by atoms with van der Waals surface area (Å²) in [7, 11) is 0. The molecule has 4 aliphatic rings. The van der Waals surface area contributed by atoms with Crippen molar-refractivity contribution >= 4 is 23.4 Å². The zero-order chi connectivity index (χ0) is 23.4. The van der Waals surface area contributed by atoms with Gasteiger partial charge in [0.1, 0.15) is 11.3 Å². The van der Waals surface area contributed by atoms with Crippen molar-refractivity contribution in [3.8, 4) is 5.75 Å². The molecule has 1 aliphatic carbocycles. The molecule has 2 saturated heterocycles. The maximum atomic E-state index is 14.0. The van der Waals surface area contributed by atoms with Gasteiger partial charge in [0.05, 0.1) is 11.8 Å². The molecule has 3 aliphatic heterocycles. The molecule has 3 amide bonds. The fourth-order valence-electron chi connectivity index (χ4n) is 6.72. The standard InChI is InChI=1S/C27H29N3O4/c31-18-13-11-16(12-14-18)15-21-22-23(25(33)30(24(22)32)17-7-3-1-2-4-8-17)27(29-21)19-9-5-6-10-20(19)28-26(27)34/h5-6,9-14,17,21-23,29,31H,1-4,7-8,15H2,(H,28,34)/t21-,22+,23-,27-/m0/s1. The van der Waals surface area contributed by atoms with Gasteiger partial charge in [0.15, 0.2) is 0 Å². The van der Waals surface area contributed by atoms with Crippen LogP contribution in [-0.2, 0) is 26.3 Å². The number of para-hydroxylation sites is 1. The molecule has 3 heterocycles. The number of carbonyl (C=O) groups is 3. The van der Waals surface area contributed by atoms with Crippen LogP contribution in [-0.4, -0.2) is 39.8 Å². The number of phenols is 1. The van der Waals surface area contributed by atoms with Crippen molar-refractivity contribution < 1.29 is 19.5 Å². The second-order valence-corrected chi connectivity index (χ2v) is 10.1. The van der Waals surface area contributed by atoms with E-state index in [-0.39, 0.29) is 35.6 Å². The lowest BCUT2D eigenvalue weighted by Crippen LogP contribution is -2.54. The van der Waals surface area contributed by atoms with Crippen molar-refractivity contribution in [3.63, 3.8) is 0 Å². The van der Waals surface area contributed by atoms with Crippen LogP contribution in [0.15, 0.2) is 48.5 Å². The van der Waals surface area contributed by atoms with E-state index in [1.807, 2.05) is 36.4 Å². The zero-order valence-electron chi connectivity index (χ0n) is 19.0. The van der Waals surface area contributed by atoms with Crippen LogP contribution in [0.1, 0.15) is 49.7 Å². The number of hydrogen-bond donors (Lipinski definition) is 3. The van der Waals surface area contributed by atoms with Crippen molar-refractivity contribution in [2.24, 2.45) is 11.8 Å². The summed E-state index contributed by atoms with van der Waals surface area (Å²) in [6.07, 6.45) is 6.44. The highest BCUT2D eigenvalue weighted by Gasteiger charge is 2.70. The SMILES string of the molecule is O=C1[C@@H]2[C@H](Cc3ccc(O)cc3)N[C@]3(C(=O)Nc4ccccc43)[C@@H]2C(=O)N1C1CCCCCC1. The van der Waals surface area contributed by atoms with Gasteiger partial charge >= 0.3 is 0 Å². The number of rotatable bonds is 3. The van der Waals surface area contributed by atoms with Crippen molar-refractivity contribution in [2.75, 3.05) is 5.32 Å². The maximum Gasteiger partial charge on any atom is 0.250 e. The first-order valence-corrected chi connectivity index (χ1v) is 12.3. The van der Waals surface area contributed by atoms with Crippen LogP contribution >= 0.6 is 0 Å². The number of hydrogen-bond acceptors (Lipinski definition) is 5. The van der Waals surface area contributed by atoms with Gasteiger partial charge in [-0.2, -0.15) is 0 Å². The van der Waals surface area contributed by atoms with Gasteiger partial charge in [-0.3, -0.25) is 24.6 Å². The van der Waals surface area contributed by atoms with Crippen molar-refractivity contribution in [1.82, 2.24) is 10.2 Å². The topological polar surface area (TPSA) is 98.7 Å². The smallest absolute Gasteiger partial charge is 0.250 e. The normalized spacial score (nSPS) is 31.0. The third-order valence-corrected chi connectivity index (χ3v) is 8.24. The van der Waals surface area contributed by atoms with E-state index in [9.17, 15) is 19.5 Å². The van der Waals surface area contributed by atoms with Gasteiger partial charge < -0.3 is 10.4 Å². The number of phenolic OH excluding ortho intramolecular Hbond substituents is 1. The summed E-state index contributed by atoms with van der Waals surface area (Å²) < 4.78 is 0. The number of nitrogens with one attached hydrogen (secondary N) is 2. The molecule has 2 aromatic carbocycles. The Morgan fingerprint density at radius 3 is 2.35 bits per heavy atom. The highest BCUT2D eigenvalue weighted by atomic mass is 16.3. The minimum Gasteiger partial charge on any atom is -0.508 e. The monoisotopic (exact) mass is 459 g/mol. The minimum absolute atomic E-state index is 0.0841. The Hall–Kier alpha value is -3.19. The molecule has 0 radical (unpaired) electrons. The van der Waals surface area contributed by atoms with E-state index in [0.717, 1.165) is 49.7 Å². The second-order valence-electron chi connectivity index (χ2n) is 10.1. The summed E-state index contributed by atoms with van der Waals surface area (Å²) >= 11 is 0. The Kier molecular flexibility index (Phi) is 4.99. The van der Waals surface area contributed by atoms with Gasteiger partial charge in [-0.25, -0.2) is 0 Å². The van der Waals surface area contributed by atoms with Crippen molar-refractivity contribution in [1.29, 1.82) is 0 Å². The fourth-order valence-corrected chi connectivity index (χ4v) is 6.72. The molecule has 4 atom stereocenters. The number of imide groups is 1. The fraction of sp³-hybridized carbons (Fsp3) is 0.444. The van der Waals surface area contributed by atoms with E-state index in [0.29, 0.717) is 12.1 Å². The van der Waals surface area contributed by atoms with Gasteiger partial charge in [0.25, 0.3) is 0 Å². The molecule has 2 aromatic rings. The first-order chi connectivity index (χ1) is 16.5. The predicted molar refractivity (Wildman–Crippen MR) is 126 cm³/mol. The van der Waals surface area contributed by atoms with Gasteiger partial charge in [0.2, 0.25) is 17.7 Å². The van der Waals surface area contributed by atoms with Gasteiger partial charge in [-0.05, 0) is 43.0 Å². The first kappa shape index (κ1) is 21.4. The minimum atomic E-state index is -1.25. The molecule has 1 spiro atoms. The number of benzene rings is 2. The Labute approximate surface area is 198 Å². The molecule has 3 fully saturated rings. The number of likely N-dealkylation sites (tertiary alicyclic amines) is 1. The molecule has 1 saturated carbocycles. The summed E-state index contributed by atoms with van der Waals surface area (Å²) in [5.41, 5.74) is 1.12. The molecule has 176 valence electrons. The Bertz CT molecular complexity index is 1150. The van der Waals surface area contributed by atoms with Crippen LogP contribution in [0.4, 0.5) is 5.69 Å². The van der Waals surface area contributed by atoms with E-state index in [1.54, 1.807) is 12.1 Å². The van der Waals surface area contributed by atoms with Crippen LogP contribution in [0.3, 0.4) is 0 Å². The average molecular weight is 460 g/mol. The lowest BCUT2D eigenvalue weighted by molar-refractivity contribution is -0.145. The molecule has 3 N–H and O–H groups in total. The quantitative estimate of drug-likeness (QED) is 0.484. The molecule has 34 heavy (non-hydrogen) atoms. The second kappa shape index (κ2) is 7.94. The third kappa shape index (κ3) is 3.03. The summed E-state index contributed by atoms with van der Waals surface area (Å²) in [5, 5.41) is 16.1. The number of amides is 3. The third-order valence-electron chi connectivity index (χ3n) is 8.24. The highest BCUT2D eigenvalue weighted by Crippen LogP contribution is 2.54. The summed E-state index contributed by atoms with van der Waals surface area (Å²) in [6, 6.07) is 13.9. The molecule has 0 unspecified atom stereocenters. The van der Waals surface area contributed by atoms with Gasteiger partial charge in [0, 0.05) is 23.3 Å². The molecule has 0 aromatic heterocycles. The number of fused-ring (bicyclic) bond motifs is 4. The number of anilines is 1. The van der Waals surface area contributed by atoms with E-state index in [2.05, 4.69) is 10.6 Å². The van der Waals surface area contributed by atoms with Crippen molar-refractivity contribution in [3.05, 3.63) is 59.7 Å². The maximum absolute atomic E-state index is 14.0. The van der Waals surface area contributed by atoms with Crippen LogP contribution in [0.5, 0.6) is 5.75 Å². The Balaban J connectivity index is 1.44. The van der Waals surface area contributed by atoms with Crippen LogP contribution < -0.4 is 10.6 Å². The zero-order valence-corrected chi connectivity index (χ0v) is 19.0. The Morgan fingerprint density at radius 2 is 1.62 bits per heavy atom. The lowest BCUT2D eigenvalue weighted by atomic mass is 9.76. The molecule has 7 nitrogen and oxygen atoms in total. The molecular formula is C27H29N3O4. The van der Waals surface area contributed by atoms with Gasteiger partial charge in [-0.1, -0.05) is 56.0 Å². The van der Waals surface area contributed by atoms with Crippen LogP contribution in [0.25, 0.3) is 0 Å². The summed E-state index contributed by atoms with van der Waals surface area (Å²) in [4.78, 5) is 43.0. The van der Waals surface area contributed by atoms with E-state index >= 15 is 0 Å².